The maximum atomic E-state index is 12.9. The summed E-state index contributed by atoms with van der Waals surface area (Å²) in [4.78, 5) is 38.2. The lowest BCUT2D eigenvalue weighted by Crippen LogP contribution is -2.30. The molecule has 1 atom stereocenters. The van der Waals surface area contributed by atoms with Gasteiger partial charge in [0.05, 0.1) is 0 Å². The van der Waals surface area contributed by atoms with E-state index in [2.05, 4.69) is 167 Å². The third-order valence-corrected chi connectivity index (χ3v) is 11.3. The Morgan fingerprint density at radius 2 is 0.592 bits per heavy atom. The summed E-state index contributed by atoms with van der Waals surface area (Å²) in [6, 6.07) is 0. The zero-order valence-electron chi connectivity index (χ0n) is 45.4. The van der Waals surface area contributed by atoms with Gasteiger partial charge < -0.3 is 14.2 Å². The fraction of sp³-hybridized carbons (Fsp3) is 0.585. The molecule has 0 aliphatic carbocycles. The Balaban J connectivity index is 4.57. The summed E-state index contributed by atoms with van der Waals surface area (Å²) in [5.74, 6) is -0.998. The van der Waals surface area contributed by atoms with E-state index in [1.54, 1.807) is 0 Å². The number of esters is 3. The molecule has 0 aromatic heterocycles. The van der Waals surface area contributed by atoms with Crippen molar-refractivity contribution in [2.75, 3.05) is 13.2 Å². The minimum atomic E-state index is -0.822. The van der Waals surface area contributed by atoms with Crippen LogP contribution in [0.25, 0.3) is 0 Å². The van der Waals surface area contributed by atoms with Crippen LogP contribution < -0.4 is 0 Å². The molecule has 6 nitrogen and oxygen atoms in total. The zero-order valence-corrected chi connectivity index (χ0v) is 45.4. The van der Waals surface area contributed by atoms with Crippen LogP contribution in [0, 0.1) is 0 Å². The van der Waals surface area contributed by atoms with Gasteiger partial charge in [0.15, 0.2) is 6.10 Å². The fourth-order valence-corrected chi connectivity index (χ4v) is 7.13. The van der Waals surface area contributed by atoms with Crippen molar-refractivity contribution in [1.29, 1.82) is 0 Å². The van der Waals surface area contributed by atoms with E-state index in [9.17, 15) is 14.4 Å². The SMILES string of the molecule is CC/C=C\C/C=C\C/C=C\C/C=C\C/C=C\CCCCCC(=O)OCC(COC(=O)CCCCCCCC/C=C\C=C/CCCCC)OC(=O)CCCCC/C=C\C/C=C\C/C=C\C/C=C\C/C=C\CC. The molecule has 0 saturated carbocycles. The number of hydrogen-bond donors (Lipinski definition) is 0. The third-order valence-electron chi connectivity index (χ3n) is 11.3. The van der Waals surface area contributed by atoms with Gasteiger partial charge in [-0.2, -0.15) is 0 Å². The standard InChI is InChI=1S/C65H102O6/c1-4-7-10-13-16-19-22-25-28-30-32-34-37-40-43-46-49-52-55-58-64(67)70-61-62(60-69-63(66)57-54-51-48-45-42-39-36-27-24-21-18-15-12-9-6-3)71-65(68)59-56-53-50-47-44-41-38-35-33-31-29-26-23-20-17-14-11-8-5-2/h7-8,10-11,16-21,24-29,32-35,40-41,43-44,62H,4-6,9,12-15,22-23,30-31,36-39,42,45-61H2,1-3H3/b10-7-,11-8-,19-16-,20-17-,21-18-,27-24-,28-25-,29-26-,34-32-,35-33-,43-40-,44-41-. The molecule has 0 aliphatic heterocycles. The Hall–Kier alpha value is -4.71. The molecule has 0 bridgehead atoms. The maximum absolute atomic E-state index is 12.9. The average Bonchev–Trinajstić information content (AvgIpc) is 3.37. The van der Waals surface area contributed by atoms with Crippen molar-refractivity contribution >= 4 is 17.9 Å². The second-order valence-corrected chi connectivity index (χ2v) is 18.1. The summed E-state index contributed by atoms with van der Waals surface area (Å²) in [6.07, 6.45) is 82.6. The number of unbranched alkanes of at least 4 members (excludes halogenated alkanes) is 15. The highest BCUT2D eigenvalue weighted by atomic mass is 16.6. The highest BCUT2D eigenvalue weighted by Crippen LogP contribution is 2.12. The maximum Gasteiger partial charge on any atom is 0.306 e. The number of hydrogen-bond acceptors (Lipinski definition) is 6. The number of carbonyl (C=O) groups excluding carboxylic acids is 3. The number of ether oxygens (including phenoxy) is 3. The Kier molecular flexibility index (Phi) is 54.0. The fourth-order valence-electron chi connectivity index (χ4n) is 7.13. The Bertz CT molecular complexity index is 1590. The summed E-state index contributed by atoms with van der Waals surface area (Å²) in [5, 5.41) is 0. The van der Waals surface area contributed by atoms with Gasteiger partial charge in [0.25, 0.3) is 0 Å². The van der Waals surface area contributed by atoms with Gasteiger partial charge in [-0.3, -0.25) is 14.4 Å². The van der Waals surface area contributed by atoms with Gasteiger partial charge in [0, 0.05) is 19.3 Å². The Morgan fingerprint density at radius 1 is 0.310 bits per heavy atom. The van der Waals surface area contributed by atoms with Gasteiger partial charge >= 0.3 is 17.9 Å². The number of carbonyl (C=O) groups is 3. The first-order chi connectivity index (χ1) is 35.0. The van der Waals surface area contributed by atoms with E-state index in [4.69, 9.17) is 14.2 Å². The van der Waals surface area contributed by atoms with Gasteiger partial charge in [-0.15, -0.1) is 0 Å². The highest BCUT2D eigenvalue weighted by Gasteiger charge is 2.19. The first-order valence-electron chi connectivity index (χ1n) is 28.4. The van der Waals surface area contributed by atoms with E-state index in [1.165, 1.54) is 32.1 Å². The van der Waals surface area contributed by atoms with E-state index in [0.717, 1.165) is 148 Å². The van der Waals surface area contributed by atoms with Crippen LogP contribution >= 0.6 is 0 Å². The van der Waals surface area contributed by atoms with E-state index in [1.807, 2.05) is 0 Å². The summed E-state index contributed by atoms with van der Waals surface area (Å²) in [6.45, 7) is 6.30. The van der Waals surface area contributed by atoms with E-state index in [0.29, 0.717) is 19.3 Å². The monoisotopic (exact) mass is 979 g/mol. The lowest BCUT2D eigenvalue weighted by molar-refractivity contribution is -0.167. The molecule has 0 radical (unpaired) electrons. The van der Waals surface area contributed by atoms with Crippen molar-refractivity contribution in [2.24, 2.45) is 0 Å². The zero-order chi connectivity index (χ0) is 51.4. The Labute approximate surface area is 436 Å². The quantitative estimate of drug-likeness (QED) is 0.0199. The van der Waals surface area contributed by atoms with Gasteiger partial charge in [-0.1, -0.05) is 218 Å². The van der Waals surface area contributed by atoms with Crippen LogP contribution in [0.2, 0.25) is 0 Å². The van der Waals surface area contributed by atoms with Crippen molar-refractivity contribution < 1.29 is 28.6 Å². The van der Waals surface area contributed by atoms with Crippen LogP contribution in [0.1, 0.15) is 226 Å². The van der Waals surface area contributed by atoms with Crippen molar-refractivity contribution in [1.82, 2.24) is 0 Å². The van der Waals surface area contributed by atoms with Gasteiger partial charge in [0.2, 0.25) is 0 Å². The molecule has 0 heterocycles. The number of allylic oxidation sites excluding steroid dienone is 24. The second kappa shape index (κ2) is 57.9. The predicted octanol–water partition coefficient (Wildman–Crippen LogP) is 19.2. The van der Waals surface area contributed by atoms with Crippen molar-refractivity contribution in [2.45, 2.75) is 232 Å². The normalized spacial score (nSPS) is 13.2. The lowest BCUT2D eigenvalue weighted by atomic mass is 10.1. The molecule has 71 heavy (non-hydrogen) atoms. The first kappa shape index (κ1) is 66.3. The summed E-state index contributed by atoms with van der Waals surface area (Å²) < 4.78 is 16.8. The summed E-state index contributed by atoms with van der Waals surface area (Å²) in [7, 11) is 0. The van der Waals surface area contributed by atoms with Crippen LogP contribution in [0.4, 0.5) is 0 Å². The topological polar surface area (TPSA) is 78.9 Å². The minimum Gasteiger partial charge on any atom is -0.462 e. The first-order valence-corrected chi connectivity index (χ1v) is 28.4. The largest absolute Gasteiger partial charge is 0.462 e. The minimum absolute atomic E-state index is 0.114. The molecule has 0 aromatic carbocycles. The van der Waals surface area contributed by atoms with Crippen LogP contribution in [0.3, 0.4) is 0 Å². The highest BCUT2D eigenvalue weighted by molar-refractivity contribution is 5.71. The summed E-state index contributed by atoms with van der Waals surface area (Å²) in [5.41, 5.74) is 0. The second-order valence-electron chi connectivity index (χ2n) is 18.1. The summed E-state index contributed by atoms with van der Waals surface area (Å²) >= 11 is 0. The molecule has 0 fully saturated rings. The molecule has 0 rings (SSSR count). The molecule has 0 spiro atoms. The molecule has 0 aliphatic rings. The molecule has 0 aromatic rings. The third kappa shape index (κ3) is 56.1. The van der Waals surface area contributed by atoms with Crippen LogP contribution in [-0.4, -0.2) is 37.2 Å². The van der Waals surface area contributed by atoms with Crippen LogP contribution in [-0.2, 0) is 28.6 Å². The van der Waals surface area contributed by atoms with E-state index < -0.39 is 6.10 Å². The van der Waals surface area contributed by atoms with Crippen LogP contribution in [0.15, 0.2) is 146 Å². The number of rotatable bonds is 49. The molecule has 0 saturated heterocycles. The molecule has 0 amide bonds. The lowest BCUT2D eigenvalue weighted by Gasteiger charge is -2.18. The molecule has 0 N–H and O–H groups in total. The van der Waals surface area contributed by atoms with Crippen molar-refractivity contribution in [3.63, 3.8) is 0 Å². The van der Waals surface area contributed by atoms with Gasteiger partial charge in [-0.25, -0.2) is 0 Å². The molecule has 1 unspecified atom stereocenters. The smallest absolute Gasteiger partial charge is 0.306 e. The van der Waals surface area contributed by atoms with Crippen molar-refractivity contribution in [3.8, 4) is 0 Å². The molecule has 398 valence electrons. The van der Waals surface area contributed by atoms with E-state index >= 15 is 0 Å². The van der Waals surface area contributed by atoms with Crippen molar-refractivity contribution in [3.05, 3.63) is 146 Å². The molecular weight excluding hydrogens is 877 g/mol. The van der Waals surface area contributed by atoms with Gasteiger partial charge in [0.1, 0.15) is 13.2 Å². The molecular formula is C65H102O6. The predicted molar refractivity (Wildman–Crippen MR) is 306 cm³/mol. The van der Waals surface area contributed by atoms with Crippen LogP contribution in [0.5, 0.6) is 0 Å². The molecule has 6 heteroatoms. The Morgan fingerprint density at radius 3 is 0.958 bits per heavy atom. The average molecular weight is 980 g/mol. The van der Waals surface area contributed by atoms with E-state index in [-0.39, 0.29) is 37.5 Å². The van der Waals surface area contributed by atoms with Gasteiger partial charge in [-0.05, 0) is 135 Å².